The minimum atomic E-state index is -0.671. The summed E-state index contributed by atoms with van der Waals surface area (Å²) in [6.45, 7) is 0.740. The van der Waals surface area contributed by atoms with Gasteiger partial charge in [0.1, 0.15) is 6.04 Å². The van der Waals surface area contributed by atoms with E-state index >= 15 is 0 Å². The molecule has 34 heavy (non-hydrogen) atoms. The largest absolute Gasteiger partial charge is 0.467 e. The third kappa shape index (κ3) is 5.61. The first-order valence-corrected chi connectivity index (χ1v) is 11.5. The van der Waals surface area contributed by atoms with E-state index in [-0.39, 0.29) is 12.0 Å². The molecule has 0 unspecified atom stereocenters. The van der Waals surface area contributed by atoms with Crippen LogP contribution in [0.15, 0.2) is 97.1 Å². The van der Waals surface area contributed by atoms with Crippen molar-refractivity contribution in [3.05, 3.63) is 114 Å². The first-order valence-electron chi connectivity index (χ1n) is 11.5. The zero-order valence-electron chi connectivity index (χ0n) is 19.2. The summed E-state index contributed by atoms with van der Waals surface area (Å²) in [7, 11) is 1.35. The molecule has 1 amide bonds. The van der Waals surface area contributed by atoms with Gasteiger partial charge in [0, 0.05) is 13.0 Å². The van der Waals surface area contributed by atoms with Crippen LogP contribution in [0.25, 0.3) is 6.08 Å². The molecule has 1 saturated heterocycles. The van der Waals surface area contributed by atoms with E-state index in [2.05, 4.69) is 0 Å². The monoisotopic (exact) mass is 455 g/mol. The van der Waals surface area contributed by atoms with Gasteiger partial charge >= 0.3 is 5.97 Å². The zero-order valence-corrected chi connectivity index (χ0v) is 19.2. The number of likely N-dealkylation sites (tertiary alicyclic amines) is 1. The van der Waals surface area contributed by atoms with Crippen LogP contribution in [-0.4, -0.2) is 49.2 Å². The second kappa shape index (κ2) is 11.4. The number of benzene rings is 3. The van der Waals surface area contributed by atoms with E-state index in [4.69, 9.17) is 9.47 Å². The van der Waals surface area contributed by atoms with Crippen molar-refractivity contribution in [2.45, 2.75) is 24.5 Å². The molecule has 0 N–H and O–H groups in total. The Kier molecular flexibility index (Phi) is 7.89. The molecular weight excluding hydrogens is 426 g/mol. The summed E-state index contributed by atoms with van der Waals surface area (Å²) >= 11 is 0. The number of amides is 1. The van der Waals surface area contributed by atoms with Crippen LogP contribution < -0.4 is 0 Å². The lowest BCUT2D eigenvalue weighted by Crippen LogP contribution is -2.43. The van der Waals surface area contributed by atoms with Crippen LogP contribution in [0.3, 0.4) is 0 Å². The Balaban J connectivity index is 1.52. The number of nitrogens with zero attached hydrogens (tertiary/aromatic N) is 1. The Labute approximate surface area is 200 Å². The van der Waals surface area contributed by atoms with Gasteiger partial charge in [-0.2, -0.15) is 0 Å². The molecule has 0 saturated carbocycles. The van der Waals surface area contributed by atoms with E-state index < -0.39 is 17.9 Å². The second-order valence-corrected chi connectivity index (χ2v) is 8.29. The van der Waals surface area contributed by atoms with Crippen LogP contribution in [0.1, 0.15) is 29.0 Å². The standard InChI is InChI=1S/C29H29NO4/c1-33-29(32)26-20-25(34-19-11-14-22-12-5-2-6-13-22)21-30(26)28(31)27(23-15-7-3-8-16-23)24-17-9-4-10-18-24/h2-18,25-27H,19-21H2,1H3/b14-11+/t25-,26+/m1/s1. The van der Waals surface area contributed by atoms with Crippen LogP contribution in [0.4, 0.5) is 0 Å². The maximum atomic E-state index is 13.9. The maximum absolute atomic E-state index is 13.9. The fourth-order valence-corrected chi connectivity index (χ4v) is 4.40. The highest BCUT2D eigenvalue weighted by molar-refractivity contribution is 5.91. The highest BCUT2D eigenvalue weighted by Gasteiger charge is 2.43. The van der Waals surface area contributed by atoms with Gasteiger partial charge in [-0.05, 0) is 16.7 Å². The van der Waals surface area contributed by atoms with Gasteiger partial charge in [0.15, 0.2) is 0 Å². The fourth-order valence-electron chi connectivity index (χ4n) is 4.40. The number of carbonyl (C=O) groups excluding carboxylic acids is 2. The SMILES string of the molecule is COC(=O)[C@@H]1C[C@@H](OC/C=C/c2ccccc2)CN1C(=O)C(c1ccccc1)c1ccccc1. The lowest BCUT2D eigenvalue weighted by molar-refractivity contribution is -0.151. The topological polar surface area (TPSA) is 55.8 Å². The molecule has 1 aliphatic rings. The van der Waals surface area contributed by atoms with Crippen molar-refractivity contribution in [3.8, 4) is 0 Å². The van der Waals surface area contributed by atoms with Crippen molar-refractivity contribution in [2.75, 3.05) is 20.3 Å². The highest BCUT2D eigenvalue weighted by atomic mass is 16.5. The third-order valence-electron chi connectivity index (χ3n) is 6.07. The molecule has 0 spiro atoms. The number of hydrogen-bond donors (Lipinski definition) is 0. The minimum absolute atomic E-state index is 0.126. The summed E-state index contributed by atoms with van der Waals surface area (Å²) in [4.78, 5) is 28.1. The summed E-state index contributed by atoms with van der Waals surface area (Å²) in [6, 6.07) is 28.6. The lowest BCUT2D eigenvalue weighted by Gasteiger charge is -2.28. The number of ether oxygens (including phenoxy) is 2. The van der Waals surface area contributed by atoms with Crippen LogP contribution in [0.5, 0.6) is 0 Å². The smallest absolute Gasteiger partial charge is 0.328 e. The predicted octanol–water partition coefficient (Wildman–Crippen LogP) is 4.69. The van der Waals surface area contributed by atoms with Crippen molar-refractivity contribution in [2.24, 2.45) is 0 Å². The van der Waals surface area contributed by atoms with E-state index in [0.717, 1.165) is 16.7 Å². The average Bonchev–Trinajstić information content (AvgIpc) is 3.32. The Morgan fingerprint density at radius 3 is 2.03 bits per heavy atom. The summed E-state index contributed by atoms with van der Waals surface area (Å²) in [6.07, 6.45) is 4.11. The van der Waals surface area contributed by atoms with Gasteiger partial charge in [-0.3, -0.25) is 4.79 Å². The Morgan fingerprint density at radius 1 is 0.912 bits per heavy atom. The van der Waals surface area contributed by atoms with Crippen molar-refractivity contribution >= 4 is 18.0 Å². The zero-order chi connectivity index (χ0) is 23.8. The molecule has 5 nitrogen and oxygen atoms in total. The van der Waals surface area contributed by atoms with Gasteiger partial charge in [0.25, 0.3) is 0 Å². The van der Waals surface area contributed by atoms with E-state index in [1.165, 1.54) is 7.11 Å². The lowest BCUT2D eigenvalue weighted by atomic mass is 9.90. The number of esters is 1. The summed E-state index contributed by atoms with van der Waals surface area (Å²) in [5, 5.41) is 0. The molecule has 1 aliphatic heterocycles. The first kappa shape index (κ1) is 23.5. The Morgan fingerprint density at radius 2 is 1.47 bits per heavy atom. The summed E-state index contributed by atoms with van der Waals surface area (Å²) in [5.41, 5.74) is 2.87. The quantitative estimate of drug-likeness (QED) is 0.463. The molecule has 2 atom stereocenters. The molecule has 0 bridgehead atoms. The van der Waals surface area contributed by atoms with Crippen molar-refractivity contribution < 1.29 is 19.1 Å². The van der Waals surface area contributed by atoms with Crippen molar-refractivity contribution in [1.82, 2.24) is 4.90 Å². The van der Waals surface area contributed by atoms with E-state index in [1.54, 1.807) is 4.90 Å². The van der Waals surface area contributed by atoms with Gasteiger partial charge in [-0.1, -0.05) is 103 Å². The first-order chi connectivity index (χ1) is 16.7. The molecule has 5 heteroatoms. The average molecular weight is 456 g/mol. The van der Waals surface area contributed by atoms with Gasteiger partial charge < -0.3 is 14.4 Å². The molecule has 174 valence electrons. The Bertz CT molecular complexity index is 1060. The van der Waals surface area contributed by atoms with Crippen LogP contribution >= 0.6 is 0 Å². The summed E-state index contributed by atoms with van der Waals surface area (Å²) in [5.74, 6) is -1.05. The van der Waals surface area contributed by atoms with Crippen molar-refractivity contribution in [1.29, 1.82) is 0 Å². The molecule has 3 aromatic carbocycles. The number of rotatable bonds is 8. The molecule has 0 aromatic heterocycles. The van der Waals surface area contributed by atoms with Gasteiger partial charge in [0.2, 0.25) is 5.91 Å². The third-order valence-corrected chi connectivity index (χ3v) is 6.07. The van der Waals surface area contributed by atoms with Crippen LogP contribution in [0, 0.1) is 0 Å². The van der Waals surface area contributed by atoms with E-state index in [0.29, 0.717) is 19.6 Å². The molecular formula is C29H29NO4. The number of hydrogen-bond acceptors (Lipinski definition) is 4. The fraction of sp³-hybridized carbons (Fsp3) is 0.241. The Hall–Kier alpha value is -3.70. The number of methoxy groups -OCH3 is 1. The van der Waals surface area contributed by atoms with Crippen LogP contribution in [0.2, 0.25) is 0 Å². The van der Waals surface area contributed by atoms with Crippen molar-refractivity contribution in [3.63, 3.8) is 0 Å². The highest BCUT2D eigenvalue weighted by Crippen LogP contribution is 2.31. The summed E-state index contributed by atoms with van der Waals surface area (Å²) < 4.78 is 11.1. The molecule has 4 rings (SSSR count). The molecule has 3 aromatic rings. The van der Waals surface area contributed by atoms with Gasteiger partial charge in [-0.25, -0.2) is 4.79 Å². The normalized spacial score (nSPS) is 17.9. The van der Waals surface area contributed by atoms with E-state index in [9.17, 15) is 9.59 Å². The van der Waals surface area contributed by atoms with Gasteiger partial charge in [-0.15, -0.1) is 0 Å². The van der Waals surface area contributed by atoms with E-state index in [1.807, 2.05) is 103 Å². The molecule has 0 radical (unpaired) electrons. The second-order valence-electron chi connectivity index (χ2n) is 8.29. The molecule has 0 aliphatic carbocycles. The predicted molar refractivity (Wildman–Crippen MR) is 132 cm³/mol. The number of carbonyl (C=O) groups is 2. The molecule has 1 heterocycles. The van der Waals surface area contributed by atoms with Gasteiger partial charge in [0.05, 0.1) is 25.7 Å². The van der Waals surface area contributed by atoms with Crippen LogP contribution in [-0.2, 0) is 19.1 Å². The molecule has 1 fully saturated rings. The maximum Gasteiger partial charge on any atom is 0.328 e. The minimum Gasteiger partial charge on any atom is -0.467 e.